The molecule has 0 saturated heterocycles. The van der Waals surface area contributed by atoms with Crippen molar-refractivity contribution < 1.29 is 13.9 Å². The predicted molar refractivity (Wildman–Crippen MR) is 161 cm³/mol. The Morgan fingerprint density at radius 3 is 1.92 bits per heavy atom. The van der Waals surface area contributed by atoms with Crippen molar-refractivity contribution in [2.24, 2.45) is 0 Å². The Labute approximate surface area is 227 Å². The molecule has 5 aromatic carbocycles. The van der Waals surface area contributed by atoms with Gasteiger partial charge in [-0.05, 0) is 67.8 Å². The summed E-state index contributed by atoms with van der Waals surface area (Å²) < 4.78 is 12.2. The molecule has 0 spiro atoms. The molecule has 5 rings (SSSR count). The molecule has 0 aliphatic carbocycles. The highest BCUT2D eigenvalue weighted by molar-refractivity contribution is 7.41. The van der Waals surface area contributed by atoms with Crippen LogP contribution in [0.25, 0.3) is 32.7 Å². The number of para-hydroxylation sites is 1. The SMILES string of the molecule is CC(C)(C)c1ccc2cc(OP(O)Oc3ccccc3-c3ccc4ccccc4c3)c(C(C)(C)C)cc2c1. The van der Waals surface area contributed by atoms with Gasteiger partial charge in [0.05, 0.1) is 0 Å². The molecule has 0 aromatic heterocycles. The Hall–Kier alpha value is -3.39. The second kappa shape index (κ2) is 10.1. The van der Waals surface area contributed by atoms with Crippen molar-refractivity contribution in [3.05, 3.63) is 108 Å². The summed E-state index contributed by atoms with van der Waals surface area (Å²) in [5.74, 6) is 1.23. The largest absolute Gasteiger partial charge is 0.460 e. The lowest BCUT2D eigenvalue weighted by atomic mass is 9.83. The van der Waals surface area contributed by atoms with E-state index in [2.05, 4.69) is 96.1 Å². The molecule has 0 heterocycles. The van der Waals surface area contributed by atoms with E-state index in [1.54, 1.807) is 0 Å². The van der Waals surface area contributed by atoms with Gasteiger partial charge in [-0.15, -0.1) is 0 Å². The third kappa shape index (κ3) is 5.55. The molecule has 0 radical (unpaired) electrons. The second-order valence-electron chi connectivity index (χ2n) is 11.9. The van der Waals surface area contributed by atoms with Crippen molar-refractivity contribution in [3.8, 4) is 22.6 Å². The number of hydrogen-bond acceptors (Lipinski definition) is 3. The minimum Gasteiger partial charge on any atom is -0.418 e. The van der Waals surface area contributed by atoms with Gasteiger partial charge in [-0.2, -0.15) is 0 Å². The summed E-state index contributed by atoms with van der Waals surface area (Å²) in [6, 6.07) is 33.1. The molecule has 0 aliphatic rings. The summed E-state index contributed by atoms with van der Waals surface area (Å²) in [6.45, 7) is 13.1. The van der Waals surface area contributed by atoms with Gasteiger partial charge in [-0.1, -0.05) is 114 Å². The average Bonchev–Trinajstić information content (AvgIpc) is 2.87. The minimum atomic E-state index is -2.22. The van der Waals surface area contributed by atoms with Gasteiger partial charge >= 0.3 is 8.60 Å². The summed E-state index contributed by atoms with van der Waals surface area (Å²) in [4.78, 5) is 11.0. The van der Waals surface area contributed by atoms with E-state index in [1.165, 1.54) is 16.3 Å². The predicted octanol–water partition coefficient (Wildman–Crippen LogP) is 9.93. The van der Waals surface area contributed by atoms with Crippen LogP contribution in [0, 0.1) is 0 Å². The van der Waals surface area contributed by atoms with Gasteiger partial charge in [0.15, 0.2) is 0 Å². The van der Waals surface area contributed by atoms with Crippen LogP contribution in [-0.4, -0.2) is 4.89 Å². The van der Waals surface area contributed by atoms with Gasteiger partial charge < -0.3 is 13.9 Å². The van der Waals surface area contributed by atoms with Gasteiger partial charge in [0, 0.05) is 11.1 Å². The van der Waals surface area contributed by atoms with Crippen LogP contribution in [0.2, 0.25) is 0 Å². The molecule has 1 atom stereocenters. The third-order valence-corrected chi connectivity index (χ3v) is 7.62. The zero-order valence-electron chi connectivity index (χ0n) is 22.9. The fraction of sp³-hybridized carbons (Fsp3) is 0.235. The lowest BCUT2D eigenvalue weighted by Crippen LogP contribution is -2.14. The molecule has 1 unspecified atom stereocenters. The molecule has 0 aliphatic heterocycles. The van der Waals surface area contributed by atoms with E-state index in [-0.39, 0.29) is 10.8 Å². The van der Waals surface area contributed by atoms with Crippen LogP contribution in [0.15, 0.2) is 97.1 Å². The van der Waals surface area contributed by atoms with E-state index in [4.69, 9.17) is 9.05 Å². The van der Waals surface area contributed by atoms with Crippen molar-refractivity contribution in [2.75, 3.05) is 0 Å². The Kier molecular flexibility index (Phi) is 6.94. The molecule has 5 aromatic rings. The van der Waals surface area contributed by atoms with Crippen LogP contribution < -0.4 is 9.05 Å². The van der Waals surface area contributed by atoms with E-state index < -0.39 is 8.60 Å². The van der Waals surface area contributed by atoms with Crippen LogP contribution in [0.1, 0.15) is 52.7 Å². The summed E-state index contributed by atoms with van der Waals surface area (Å²) >= 11 is 0. The molecule has 3 nitrogen and oxygen atoms in total. The smallest absolute Gasteiger partial charge is 0.418 e. The maximum atomic E-state index is 11.0. The van der Waals surface area contributed by atoms with E-state index in [0.717, 1.165) is 27.5 Å². The molecule has 194 valence electrons. The number of hydrogen-bond donors (Lipinski definition) is 1. The van der Waals surface area contributed by atoms with Gasteiger partial charge in [0.25, 0.3) is 0 Å². The van der Waals surface area contributed by atoms with E-state index >= 15 is 0 Å². The first-order chi connectivity index (χ1) is 18.0. The summed E-state index contributed by atoms with van der Waals surface area (Å²) in [5.41, 5.74) is 4.14. The zero-order chi connectivity index (χ0) is 27.1. The quantitative estimate of drug-likeness (QED) is 0.233. The van der Waals surface area contributed by atoms with Gasteiger partial charge in [0.1, 0.15) is 11.5 Å². The van der Waals surface area contributed by atoms with Crippen molar-refractivity contribution in [3.63, 3.8) is 0 Å². The highest BCUT2D eigenvalue weighted by atomic mass is 31.2. The summed E-state index contributed by atoms with van der Waals surface area (Å²) in [5, 5.41) is 4.58. The third-order valence-electron chi connectivity index (χ3n) is 6.91. The topological polar surface area (TPSA) is 38.7 Å². The van der Waals surface area contributed by atoms with E-state index in [1.807, 2.05) is 42.5 Å². The number of fused-ring (bicyclic) bond motifs is 2. The zero-order valence-corrected chi connectivity index (χ0v) is 23.8. The van der Waals surface area contributed by atoms with Crippen molar-refractivity contribution in [1.82, 2.24) is 0 Å². The fourth-order valence-electron chi connectivity index (χ4n) is 4.73. The summed E-state index contributed by atoms with van der Waals surface area (Å²) in [6.07, 6.45) is 0. The molecular weight excluding hydrogens is 487 g/mol. The first-order valence-corrected chi connectivity index (χ1v) is 14.1. The van der Waals surface area contributed by atoms with Gasteiger partial charge in [-0.3, -0.25) is 0 Å². The summed E-state index contributed by atoms with van der Waals surface area (Å²) in [7, 11) is -2.22. The minimum absolute atomic E-state index is 0.0664. The van der Waals surface area contributed by atoms with E-state index in [9.17, 15) is 4.89 Å². The maximum Gasteiger partial charge on any atom is 0.460 e. The second-order valence-corrected chi connectivity index (χ2v) is 12.7. The molecule has 1 N–H and O–H groups in total. The first-order valence-electron chi connectivity index (χ1n) is 13.0. The standard InChI is InChI=1S/C34H35O3P/c1-33(2,3)28-18-17-25-22-32(30(34(4,5)6)21-27(25)20-28)37-38(35)36-31-14-10-9-13-29(31)26-16-15-23-11-7-8-12-24(23)19-26/h7-22,35H,1-6H3. The Morgan fingerprint density at radius 1 is 0.553 bits per heavy atom. The first kappa shape index (κ1) is 26.2. The number of benzene rings is 5. The molecule has 0 amide bonds. The maximum absolute atomic E-state index is 11.0. The lowest BCUT2D eigenvalue weighted by Gasteiger charge is -2.25. The highest BCUT2D eigenvalue weighted by Crippen LogP contribution is 2.45. The van der Waals surface area contributed by atoms with Crippen LogP contribution >= 0.6 is 8.60 Å². The molecule has 0 saturated carbocycles. The molecule has 0 fully saturated rings. The van der Waals surface area contributed by atoms with Crippen LogP contribution in [0.3, 0.4) is 0 Å². The molecule has 4 heteroatoms. The van der Waals surface area contributed by atoms with Crippen molar-refractivity contribution in [1.29, 1.82) is 0 Å². The van der Waals surface area contributed by atoms with Gasteiger partial charge in [0.2, 0.25) is 0 Å². The number of rotatable bonds is 5. The lowest BCUT2D eigenvalue weighted by molar-refractivity contribution is 0.377. The Bertz CT molecular complexity index is 1610. The van der Waals surface area contributed by atoms with Gasteiger partial charge in [-0.25, -0.2) is 0 Å². The average molecular weight is 523 g/mol. The normalized spacial score (nSPS) is 13.0. The molecule has 0 bridgehead atoms. The Balaban J connectivity index is 1.46. The van der Waals surface area contributed by atoms with Crippen LogP contribution in [0.5, 0.6) is 11.5 Å². The monoisotopic (exact) mass is 522 g/mol. The molecular formula is C34H35O3P. The highest BCUT2D eigenvalue weighted by Gasteiger charge is 2.24. The van der Waals surface area contributed by atoms with Crippen LogP contribution in [0.4, 0.5) is 0 Å². The van der Waals surface area contributed by atoms with Crippen LogP contribution in [-0.2, 0) is 10.8 Å². The fourth-order valence-corrected chi connectivity index (χ4v) is 5.42. The van der Waals surface area contributed by atoms with Crippen molar-refractivity contribution in [2.45, 2.75) is 52.4 Å². The Morgan fingerprint density at radius 2 is 1.18 bits per heavy atom. The van der Waals surface area contributed by atoms with E-state index in [0.29, 0.717) is 11.5 Å². The van der Waals surface area contributed by atoms with Crippen molar-refractivity contribution >= 4 is 30.1 Å². The molecule has 38 heavy (non-hydrogen) atoms.